The van der Waals surface area contributed by atoms with Crippen molar-refractivity contribution >= 4 is 17.3 Å². The van der Waals surface area contributed by atoms with Crippen molar-refractivity contribution in [3.05, 3.63) is 29.3 Å². The van der Waals surface area contributed by atoms with E-state index in [1.807, 2.05) is 17.5 Å². The van der Waals surface area contributed by atoms with Crippen LogP contribution in [0, 0.1) is 0 Å². The number of aromatic carboxylic acids is 1. The topological polar surface area (TPSA) is 66.2 Å². The van der Waals surface area contributed by atoms with Gasteiger partial charge >= 0.3 is 0 Å². The molecule has 0 N–H and O–H groups in total. The van der Waals surface area contributed by atoms with Gasteiger partial charge in [0.1, 0.15) is 5.69 Å². The number of aromatic nitrogens is 1. The van der Waals surface area contributed by atoms with Gasteiger partial charge in [0, 0.05) is 6.07 Å². The lowest BCUT2D eigenvalue weighted by atomic mass is 10.3. The highest BCUT2D eigenvalue weighted by atomic mass is 32.1. The molecule has 0 spiro atoms. The monoisotopic (exact) mass is 194 g/mol. The lowest BCUT2D eigenvalue weighted by molar-refractivity contribution is -0.255. The molecule has 2 aromatic heterocycles. The molecule has 4 nitrogen and oxygen atoms in total. The molecular formula is C8H4NO3S-. The standard InChI is InChI=1S/C8H5NO3S/c10-8(11)5-4-6(12-9-5)7-2-1-3-13-7/h1-4H,(H,10,11)/p-1. The molecule has 0 bridgehead atoms. The molecule has 2 aromatic rings. The normalized spacial score (nSPS) is 10.2. The predicted octanol–water partition coefficient (Wildman–Crippen LogP) is 0.767. The van der Waals surface area contributed by atoms with E-state index < -0.39 is 5.97 Å². The van der Waals surface area contributed by atoms with Gasteiger partial charge in [-0.15, -0.1) is 11.3 Å². The molecule has 0 fully saturated rings. The van der Waals surface area contributed by atoms with Crippen molar-refractivity contribution in [2.24, 2.45) is 0 Å². The molecule has 5 heteroatoms. The van der Waals surface area contributed by atoms with Crippen LogP contribution in [0.4, 0.5) is 0 Å². The van der Waals surface area contributed by atoms with E-state index in [1.54, 1.807) is 0 Å². The maximum absolute atomic E-state index is 10.4. The first kappa shape index (κ1) is 8.00. The van der Waals surface area contributed by atoms with E-state index in [9.17, 15) is 9.90 Å². The fraction of sp³-hybridized carbons (Fsp3) is 0. The Kier molecular flexibility index (Phi) is 1.86. The maximum Gasteiger partial charge on any atom is 0.177 e. The molecular weight excluding hydrogens is 190 g/mol. The number of carboxylic acids is 1. The summed E-state index contributed by atoms with van der Waals surface area (Å²) >= 11 is 1.45. The SMILES string of the molecule is O=C([O-])c1cc(-c2cccs2)on1. The van der Waals surface area contributed by atoms with E-state index in [0.29, 0.717) is 5.76 Å². The zero-order valence-corrected chi connectivity index (χ0v) is 7.21. The zero-order valence-electron chi connectivity index (χ0n) is 6.39. The van der Waals surface area contributed by atoms with Gasteiger partial charge in [-0.3, -0.25) is 0 Å². The summed E-state index contributed by atoms with van der Waals surface area (Å²) in [4.78, 5) is 11.2. The second-order valence-electron chi connectivity index (χ2n) is 2.34. The van der Waals surface area contributed by atoms with Crippen LogP contribution in [-0.4, -0.2) is 11.1 Å². The molecule has 2 heterocycles. The summed E-state index contributed by atoms with van der Waals surface area (Å²) < 4.78 is 4.81. The Morgan fingerprint density at radius 3 is 3.00 bits per heavy atom. The summed E-state index contributed by atoms with van der Waals surface area (Å²) in [5.74, 6) is -0.874. The van der Waals surface area contributed by atoms with Crippen LogP contribution in [0.1, 0.15) is 10.5 Å². The number of nitrogens with zero attached hydrogens (tertiary/aromatic N) is 1. The van der Waals surface area contributed by atoms with Crippen LogP contribution >= 0.6 is 11.3 Å². The molecule has 13 heavy (non-hydrogen) atoms. The van der Waals surface area contributed by atoms with Gasteiger partial charge in [0.25, 0.3) is 0 Å². The van der Waals surface area contributed by atoms with Gasteiger partial charge in [0.2, 0.25) is 0 Å². The van der Waals surface area contributed by atoms with Gasteiger partial charge in [0.15, 0.2) is 5.76 Å². The smallest absolute Gasteiger partial charge is 0.177 e. The molecule has 0 atom stereocenters. The summed E-state index contributed by atoms with van der Waals surface area (Å²) in [5.41, 5.74) is -0.177. The van der Waals surface area contributed by atoms with Crippen LogP contribution < -0.4 is 5.11 Å². The quantitative estimate of drug-likeness (QED) is 0.708. The lowest BCUT2D eigenvalue weighted by Gasteiger charge is -1.89. The molecule has 0 aliphatic rings. The second kappa shape index (κ2) is 3.02. The van der Waals surface area contributed by atoms with Crippen molar-refractivity contribution in [2.45, 2.75) is 0 Å². The van der Waals surface area contributed by atoms with Crippen LogP contribution in [0.25, 0.3) is 10.6 Å². The fourth-order valence-electron chi connectivity index (χ4n) is 0.906. The van der Waals surface area contributed by atoms with Gasteiger partial charge in [-0.25, -0.2) is 0 Å². The molecule has 0 aromatic carbocycles. The van der Waals surface area contributed by atoms with Crippen molar-refractivity contribution in [2.75, 3.05) is 0 Å². The second-order valence-corrected chi connectivity index (χ2v) is 3.29. The van der Waals surface area contributed by atoms with E-state index in [4.69, 9.17) is 4.52 Å². The molecule has 0 radical (unpaired) electrons. The Bertz CT molecular complexity index is 418. The minimum Gasteiger partial charge on any atom is -0.543 e. The highest BCUT2D eigenvalue weighted by molar-refractivity contribution is 7.13. The highest BCUT2D eigenvalue weighted by Crippen LogP contribution is 2.24. The summed E-state index contributed by atoms with van der Waals surface area (Å²) in [6, 6.07) is 5.02. The molecule has 0 aliphatic heterocycles. The molecule has 0 saturated heterocycles. The van der Waals surface area contributed by atoms with Crippen molar-refractivity contribution in [3.63, 3.8) is 0 Å². The number of hydrogen-bond donors (Lipinski definition) is 0. The van der Waals surface area contributed by atoms with Gasteiger partial charge in [-0.2, -0.15) is 0 Å². The Hall–Kier alpha value is -1.62. The van der Waals surface area contributed by atoms with Crippen molar-refractivity contribution in [1.82, 2.24) is 5.16 Å². The third-order valence-corrected chi connectivity index (χ3v) is 2.37. The zero-order chi connectivity index (χ0) is 9.26. The number of rotatable bonds is 2. The van der Waals surface area contributed by atoms with Gasteiger partial charge < -0.3 is 14.4 Å². The Labute approximate surface area is 77.4 Å². The van der Waals surface area contributed by atoms with Crippen molar-refractivity contribution in [3.8, 4) is 10.6 Å². The van der Waals surface area contributed by atoms with Gasteiger partial charge in [0.05, 0.1) is 10.8 Å². The van der Waals surface area contributed by atoms with E-state index in [0.717, 1.165) is 4.88 Å². The molecule has 0 aliphatic carbocycles. The van der Waals surface area contributed by atoms with Crippen LogP contribution in [-0.2, 0) is 0 Å². The van der Waals surface area contributed by atoms with E-state index >= 15 is 0 Å². The average Bonchev–Trinajstić information content (AvgIpc) is 2.75. The van der Waals surface area contributed by atoms with Crippen LogP contribution in [0.3, 0.4) is 0 Å². The van der Waals surface area contributed by atoms with Gasteiger partial charge in [-0.1, -0.05) is 11.2 Å². The summed E-state index contributed by atoms with van der Waals surface area (Å²) in [6.07, 6.45) is 0. The summed E-state index contributed by atoms with van der Waals surface area (Å²) in [6.45, 7) is 0. The van der Waals surface area contributed by atoms with E-state index in [1.165, 1.54) is 17.4 Å². The predicted molar refractivity (Wildman–Crippen MR) is 44.1 cm³/mol. The first-order chi connectivity index (χ1) is 6.27. The van der Waals surface area contributed by atoms with E-state index in [2.05, 4.69) is 5.16 Å². The van der Waals surface area contributed by atoms with E-state index in [-0.39, 0.29) is 5.69 Å². The molecule has 0 unspecified atom stereocenters. The highest BCUT2D eigenvalue weighted by Gasteiger charge is 2.07. The number of carbonyl (C=O) groups is 1. The van der Waals surface area contributed by atoms with Crippen molar-refractivity contribution in [1.29, 1.82) is 0 Å². The third kappa shape index (κ3) is 1.46. The minimum atomic E-state index is -1.33. The van der Waals surface area contributed by atoms with Crippen LogP contribution in [0.5, 0.6) is 0 Å². The number of thiophene rings is 1. The minimum absolute atomic E-state index is 0.177. The lowest BCUT2D eigenvalue weighted by Crippen LogP contribution is -2.22. The molecule has 0 amide bonds. The summed E-state index contributed by atoms with van der Waals surface area (Å²) in [7, 11) is 0. The third-order valence-electron chi connectivity index (χ3n) is 1.48. The number of carbonyl (C=O) groups excluding carboxylic acids is 1. The average molecular weight is 194 g/mol. The van der Waals surface area contributed by atoms with Crippen LogP contribution in [0.2, 0.25) is 0 Å². The Morgan fingerprint density at radius 2 is 2.46 bits per heavy atom. The largest absolute Gasteiger partial charge is 0.543 e. The Morgan fingerprint density at radius 1 is 1.62 bits per heavy atom. The molecule has 2 rings (SSSR count). The van der Waals surface area contributed by atoms with Gasteiger partial charge in [-0.05, 0) is 11.4 Å². The first-order valence-corrected chi connectivity index (χ1v) is 4.37. The molecule has 66 valence electrons. The fourth-order valence-corrected chi connectivity index (χ4v) is 1.58. The maximum atomic E-state index is 10.4. The first-order valence-electron chi connectivity index (χ1n) is 3.49. The van der Waals surface area contributed by atoms with Crippen molar-refractivity contribution < 1.29 is 14.4 Å². The molecule has 0 saturated carbocycles. The number of hydrogen-bond acceptors (Lipinski definition) is 5. The summed E-state index contributed by atoms with van der Waals surface area (Å²) in [5, 5.41) is 15.6. The number of carboxylic acid groups (broad SMARTS) is 1. The Balaban J connectivity index is 2.39. The van der Waals surface area contributed by atoms with Crippen LogP contribution in [0.15, 0.2) is 28.1 Å².